The number of methoxy groups -OCH3 is 1. The maximum Gasteiger partial charge on any atom is 0.422 e. The van der Waals surface area contributed by atoms with Gasteiger partial charge in [-0.2, -0.15) is 13.2 Å². The smallest absolute Gasteiger partial charge is 0.422 e. The summed E-state index contributed by atoms with van der Waals surface area (Å²) >= 11 is 0. The summed E-state index contributed by atoms with van der Waals surface area (Å²) in [7, 11) is 1.39. The van der Waals surface area contributed by atoms with Crippen LogP contribution in [0.3, 0.4) is 0 Å². The molecule has 1 fully saturated rings. The molecule has 0 spiro atoms. The van der Waals surface area contributed by atoms with Gasteiger partial charge in [0.1, 0.15) is 0 Å². The highest BCUT2D eigenvalue weighted by atomic mass is 19.4. The molecule has 0 aromatic heterocycles. The molecule has 0 aliphatic heterocycles. The second-order valence-electron chi connectivity index (χ2n) is 6.88. The van der Waals surface area contributed by atoms with Crippen LogP contribution in [0, 0.1) is 5.92 Å². The summed E-state index contributed by atoms with van der Waals surface area (Å²) in [6, 6.07) is 4.77. The van der Waals surface area contributed by atoms with E-state index < -0.39 is 12.8 Å². The molecule has 164 valence electrons. The van der Waals surface area contributed by atoms with Gasteiger partial charge in [-0.25, -0.2) is 4.99 Å². The van der Waals surface area contributed by atoms with Crippen molar-refractivity contribution in [2.45, 2.75) is 38.9 Å². The highest BCUT2D eigenvalue weighted by molar-refractivity contribution is 5.79. The van der Waals surface area contributed by atoms with Crippen LogP contribution in [0.25, 0.3) is 0 Å². The quantitative estimate of drug-likeness (QED) is 0.310. The Morgan fingerprint density at radius 2 is 2.00 bits per heavy atom. The van der Waals surface area contributed by atoms with Crippen LogP contribution in [-0.2, 0) is 11.3 Å². The van der Waals surface area contributed by atoms with E-state index >= 15 is 0 Å². The Hall–Kier alpha value is -2.16. The SMILES string of the molecule is CCNC(=NCc1ccc(OCC(F)(F)F)c(OC)c1)NCCCOCC1CC1. The Balaban J connectivity index is 1.82. The van der Waals surface area contributed by atoms with Crippen LogP contribution >= 0.6 is 0 Å². The lowest BCUT2D eigenvalue weighted by atomic mass is 10.2. The number of guanidine groups is 1. The molecule has 9 heteroatoms. The molecule has 2 rings (SSSR count). The van der Waals surface area contributed by atoms with Crippen molar-refractivity contribution in [3.63, 3.8) is 0 Å². The van der Waals surface area contributed by atoms with E-state index in [1.54, 1.807) is 12.1 Å². The van der Waals surface area contributed by atoms with E-state index in [4.69, 9.17) is 14.2 Å². The molecular weight excluding hydrogens is 387 g/mol. The predicted molar refractivity (Wildman–Crippen MR) is 106 cm³/mol. The number of rotatable bonds is 12. The zero-order chi connectivity index (χ0) is 21.1. The molecule has 0 radical (unpaired) electrons. The third-order valence-electron chi connectivity index (χ3n) is 4.19. The number of nitrogens with one attached hydrogen (secondary N) is 2. The van der Waals surface area contributed by atoms with Crippen LogP contribution < -0.4 is 20.1 Å². The van der Waals surface area contributed by atoms with Crippen molar-refractivity contribution in [3.05, 3.63) is 23.8 Å². The van der Waals surface area contributed by atoms with Crippen molar-refractivity contribution in [2.75, 3.05) is 40.0 Å². The molecule has 1 aromatic carbocycles. The van der Waals surface area contributed by atoms with Gasteiger partial charge < -0.3 is 24.8 Å². The minimum atomic E-state index is -4.40. The number of aliphatic imine (C=N–C) groups is 1. The zero-order valence-electron chi connectivity index (χ0n) is 17.0. The highest BCUT2D eigenvalue weighted by Gasteiger charge is 2.29. The van der Waals surface area contributed by atoms with E-state index in [-0.39, 0.29) is 11.5 Å². The van der Waals surface area contributed by atoms with Crippen LogP contribution in [0.4, 0.5) is 13.2 Å². The first-order chi connectivity index (χ1) is 13.9. The summed E-state index contributed by atoms with van der Waals surface area (Å²) in [4.78, 5) is 4.51. The molecule has 6 nitrogen and oxygen atoms in total. The number of halogens is 3. The third-order valence-corrected chi connectivity index (χ3v) is 4.19. The molecule has 0 amide bonds. The van der Waals surface area contributed by atoms with Gasteiger partial charge in [0, 0.05) is 26.3 Å². The van der Waals surface area contributed by atoms with Gasteiger partial charge in [-0.3, -0.25) is 0 Å². The highest BCUT2D eigenvalue weighted by Crippen LogP contribution is 2.30. The number of ether oxygens (including phenoxy) is 3. The maximum atomic E-state index is 12.3. The van der Waals surface area contributed by atoms with E-state index in [1.807, 2.05) is 6.92 Å². The van der Waals surface area contributed by atoms with Crippen molar-refractivity contribution in [2.24, 2.45) is 10.9 Å². The van der Waals surface area contributed by atoms with Crippen molar-refractivity contribution < 1.29 is 27.4 Å². The number of alkyl halides is 3. The molecule has 0 unspecified atom stereocenters. The fraction of sp³-hybridized carbons (Fsp3) is 0.650. The Labute approximate surface area is 169 Å². The number of hydrogen-bond donors (Lipinski definition) is 2. The second-order valence-corrected chi connectivity index (χ2v) is 6.88. The monoisotopic (exact) mass is 417 g/mol. The van der Waals surface area contributed by atoms with E-state index in [9.17, 15) is 13.2 Å². The topological polar surface area (TPSA) is 64.1 Å². The fourth-order valence-electron chi connectivity index (χ4n) is 2.52. The Morgan fingerprint density at radius 1 is 1.21 bits per heavy atom. The summed E-state index contributed by atoms with van der Waals surface area (Å²) in [5.74, 6) is 1.73. The van der Waals surface area contributed by atoms with Crippen molar-refractivity contribution in [3.8, 4) is 11.5 Å². The Bertz CT molecular complexity index is 650. The lowest BCUT2D eigenvalue weighted by Gasteiger charge is -2.14. The minimum absolute atomic E-state index is 0.0498. The average Bonchev–Trinajstić information content (AvgIpc) is 3.51. The number of hydrogen-bond acceptors (Lipinski definition) is 4. The van der Waals surface area contributed by atoms with Gasteiger partial charge in [0.15, 0.2) is 24.1 Å². The first-order valence-corrected chi connectivity index (χ1v) is 9.87. The first-order valence-electron chi connectivity index (χ1n) is 9.87. The second kappa shape index (κ2) is 11.7. The maximum absolute atomic E-state index is 12.3. The summed E-state index contributed by atoms with van der Waals surface area (Å²) in [6.45, 7) is 4.01. The van der Waals surface area contributed by atoms with Crippen molar-refractivity contribution in [1.82, 2.24) is 10.6 Å². The minimum Gasteiger partial charge on any atom is -0.493 e. The first kappa shape index (κ1) is 23.1. The van der Waals surface area contributed by atoms with Gasteiger partial charge in [-0.1, -0.05) is 6.07 Å². The molecule has 0 saturated heterocycles. The fourth-order valence-corrected chi connectivity index (χ4v) is 2.52. The van der Waals surface area contributed by atoms with Gasteiger partial charge >= 0.3 is 6.18 Å². The molecular formula is C20H30F3N3O3. The van der Waals surface area contributed by atoms with Crippen LogP contribution in [-0.4, -0.2) is 52.2 Å². The van der Waals surface area contributed by atoms with E-state index in [0.717, 1.165) is 44.2 Å². The van der Waals surface area contributed by atoms with Gasteiger partial charge in [-0.05, 0) is 49.8 Å². The summed E-state index contributed by atoms with van der Waals surface area (Å²) in [5, 5.41) is 6.42. The van der Waals surface area contributed by atoms with Crippen LogP contribution in [0.15, 0.2) is 23.2 Å². The lowest BCUT2D eigenvalue weighted by molar-refractivity contribution is -0.153. The zero-order valence-corrected chi connectivity index (χ0v) is 17.0. The predicted octanol–water partition coefficient (Wildman–Crippen LogP) is 3.51. The molecule has 0 heterocycles. The molecule has 0 atom stereocenters. The summed E-state index contributed by atoms with van der Waals surface area (Å²) in [6.07, 6.45) is -0.940. The van der Waals surface area contributed by atoms with Gasteiger partial charge in [0.2, 0.25) is 0 Å². The van der Waals surface area contributed by atoms with E-state index in [1.165, 1.54) is 26.0 Å². The molecule has 1 saturated carbocycles. The molecule has 0 bridgehead atoms. The van der Waals surface area contributed by atoms with Crippen LogP contribution in [0.5, 0.6) is 11.5 Å². The Morgan fingerprint density at radius 3 is 2.66 bits per heavy atom. The number of benzene rings is 1. The van der Waals surface area contributed by atoms with Gasteiger partial charge in [-0.15, -0.1) is 0 Å². The lowest BCUT2D eigenvalue weighted by Crippen LogP contribution is -2.38. The summed E-state index contributed by atoms with van der Waals surface area (Å²) in [5.41, 5.74) is 0.797. The Kier molecular flexibility index (Phi) is 9.37. The van der Waals surface area contributed by atoms with E-state index in [2.05, 4.69) is 15.6 Å². The normalized spacial score (nSPS) is 14.6. The molecule has 1 aliphatic rings. The molecule has 1 aliphatic carbocycles. The van der Waals surface area contributed by atoms with Crippen LogP contribution in [0.2, 0.25) is 0 Å². The molecule has 29 heavy (non-hydrogen) atoms. The third kappa shape index (κ3) is 9.74. The number of nitrogens with zero attached hydrogens (tertiary/aromatic N) is 1. The average molecular weight is 417 g/mol. The van der Waals surface area contributed by atoms with E-state index in [0.29, 0.717) is 12.5 Å². The van der Waals surface area contributed by atoms with Gasteiger partial charge in [0.25, 0.3) is 0 Å². The molecule has 1 aromatic rings. The van der Waals surface area contributed by atoms with Crippen molar-refractivity contribution >= 4 is 5.96 Å². The van der Waals surface area contributed by atoms with Crippen LogP contribution in [0.1, 0.15) is 31.7 Å². The largest absolute Gasteiger partial charge is 0.493 e. The standard InChI is InChI=1S/C20H30F3N3O3/c1-3-24-19(25-9-4-10-28-13-15-5-6-15)26-12-16-7-8-17(18(11-16)27-2)29-14-20(21,22)23/h7-8,11,15H,3-6,9-10,12-14H2,1-2H3,(H2,24,25,26). The summed E-state index contributed by atoms with van der Waals surface area (Å²) < 4.78 is 52.6. The molecule has 2 N–H and O–H groups in total. The van der Waals surface area contributed by atoms with Gasteiger partial charge in [0.05, 0.1) is 13.7 Å². The van der Waals surface area contributed by atoms with Crippen molar-refractivity contribution in [1.29, 1.82) is 0 Å².